The van der Waals surface area contributed by atoms with Gasteiger partial charge in [0.15, 0.2) is 0 Å². The van der Waals surface area contributed by atoms with E-state index in [0.29, 0.717) is 29.6 Å². The molecule has 0 atom stereocenters. The van der Waals surface area contributed by atoms with E-state index in [9.17, 15) is 0 Å². The van der Waals surface area contributed by atoms with Crippen molar-refractivity contribution in [1.82, 2.24) is 0 Å². The Morgan fingerprint density at radius 1 is 1.25 bits per heavy atom. The number of ether oxygens (including phenoxy) is 1. The van der Waals surface area contributed by atoms with Gasteiger partial charge in [0.2, 0.25) is 0 Å². The van der Waals surface area contributed by atoms with Gasteiger partial charge in [0.05, 0.1) is 0 Å². The molecule has 1 aromatic rings. The third-order valence-electron chi connectivity index (χ3n) is 1.55. The Hall–Kier alpha value is -0.622. The molecule has 2 rings (SSSR count). The molecule has 0 bridgehead atoms. The minimum absolute atomic E-state index is 0.500. The predicted octanol–water partition coefficient (Wildman–Crippen LogP) is 1.59. The number of rotatable bonds is 0. The Morgan fingerprint density at radius 2 is 2.00 bits per heavy atom. The van der Waals surface area contributed by atoms with Crippen molar-refractivity contribution in [2.75, 3.05) is 6.61 Å². The van der Waals surface area contributed by atoms with E-state index in [1.54, 1.807) is 0 Å². The zero-order chi connectivity index (χ0) is 8.81. The van der Waals surface area contributed by atoms with Crippen LogP contribution in [0.5, 0.6) is 5.75 Å². The summed E-state index contributed by atoms with van der Waals surface area (Å²) in [5.74, 6) is 0.991. The maximum atomic E-state index is 8.30. The monoisotopic (exact) mass is 269 g/mol. The van der Waals surface area contributed by atoms with E-state index in [1.165, 1.54) is 5.56 Å². The predicted molar refractivity (Wildman–Crippen MR) is 47.4 cm³/mol. The first kappa shape index (κ1) is 9.47. The second-order valence-electron chi connectivity index (χ2n) is 2.25. The van der Waals surface area contributed by atoms with E-state index < -0.39 is 0 Å². The van der Waals surface area contributed by atoms with Crippen LogP contribution in [0.1, 0.15) is 5.56 Å². The first-order valence-corrected chi connectivity index (χ1v) is 4.58. The van der Waals surface area contributed by atoms with Gasteiger partial charge in [0.1, 0.15) is 12.4 Å². The Bertz CT molecular complexity index is 284. The fourth-order valence-corrected chi connectivity index (χ4v) is 1.06. The van der Waals surface area contributed by atoms with E-state index in [1.807, 2.05) is 30.3 Å². The summed E-state index contributed by atoms with van der Waals surface area (Å²) in [5, 5.41) is 0. The Labute approximate surface area is 85.1 Å². The molecule has 0 spiro atoms. The molecule has 0 aromatic heterocycles. The van der Waals surface area contributed by atoms with E-state index in [-0.39, 0.29) is 0 Å². The summed E-state index contributed by atoms with van der Waals surface area (Å²) in [5.41, 5.74) is 1.17. The van der Waals surface area contributed by atoms with Gasteiger partial charge >= 0.3 is 26.0 Å². The molecule has 0 unspecified atom stereocenters. The van der Waals surface area contributed by atoms with Crippen molar-refractivity contribution in [3.8, 4) is 5.75 Å². The Balaban J connectivity index is 0.000000336. The summed E-state index contributed by atoms with van der Waals surface area (Å²) < 4.78 is 13.6. The number of fused-ring (bicyclic) bond motifs is 1. The normalized spacial score (nSPS) is 12.0. The van der Waals surface area contributed by atoms with Crippen LogP contribution in [0, 0.1) is 0 Å². The van der Waals surface area contributed by atoms with Crippen molar-refractivity contribution < 1.29 is 7.75 Å². The van der Waals surface area contributed by atoms with Gasteiger partial charge in [-0.3, -0.25) is 0 Å². The first-order valence-electron chi connectivity index (χ1n) is 3.53. The van der Waals surface area contributed by atoms with Crippen LogP contribution in [0.2, 0.25) is 0 Å². The van der Waals surface area contributed by atoms with Crippen molar-refractivity contribution >= 4 is 29.1 Å². The van der Waals surface area contributed by atoms with E-state index >= 15 is 0 Å². The molecule has 0 aliphatic carbocycles. The standard InChI is InChI=1S/C9H8O.O.Sb/c1-2-6-9-8(4-1)5-3-7-10-9;;/h1-6H,7H2;;. The third kappa shape index (κ3) is 2.18. The molecule has 1 aliphatic rings. The second kappa shape index (κ2) is 5.10. The quantitative estimate of drug-likeness (QED) is 0.669. The fraction of sp³-hybridized carbons (Fsp3) is 0.111. The van der Waals surface area contributed by atoms with Gasteiger partial charge in [0.25, 0.3) is 0 Å². The van der Waals surface area contributed by atoms with Crippen LogP contribution in [-0.2, 0) is 3.02 Å². The average Bonchev–Trinajstić information content (AvgIpc) is 2.21. The molecule has 1 aromatic carbocycles. The van der Waals surface area contributed by atoms with Gasteiger partial charge in [-0.05, 0) is 12.1 Å². The summed E-state index contributed by atoms with van der Waals surface area (Å²) >= 11 is 0.500. The summed E-state index contributed by atoms with van der Waals surface area (Å²) in [6, 6.07) is 8.03. The number of para-hydroxylation sites is 1. The average molecular weight is 270 g/mol. The molecule has 1 aliphatic heterocycles. The van der Waals surface area contributed by atoms with Crippen molar-refractivity contribution in [3.05, 3.63) is 35.9 Å². The van der Waals surface area contributed by atoms with Crippen molar-refractivity contribution in [1.29, 1.82) is 0 Å². The second-order valence-corrected chi connectivity index (χ2v) is 2.25. The van der Waals surface area contributed by atoms with Gasteiger partial charge in [0, 0.05) is 5.56 Å². The van der Waals surface area contributed by atoms with Crippen molar-refractivity contribution in [3.63, 3.8) is 0 Å². The van der Waals surface area contributed by atoms with Gasteiger partial charge < -0.3 is 4.74 Å². The molecule has 0 fully saturated rings. The topological polar surface area (TPSA) is 26.3 Å². The Morgan fingerprint density at radius 3 is 2.75 bits per heavy atom. The summed E-state index contributed by atoms with van der Waals surface area (Å²) in [4.78, 5) is 0. The molecule has 12 heavy (non-hydrogen) atoms. The van der Waals surface area contributed by atoms with E-state index in [0.717, 1.165) is 5.75 Å². The molecule has 0 amide bonds. The summed E-state index contributed by atoms with van der Waals surface area (Å²) in [6.07, 6.45) is 4.10. The van der Waals surface area contributed by atoms with Crippen molar-refractivity contribution in [2.24, 2.45) is 0 Å². The molecule has 1 heterocycles. The molecule has 61 valence electrons. The van der Waals surface area contributed by atoms with Gasteiger partial charge in [-0.15, -0.1) is 0 Å². The molecule has 0 N–H and O–H groups in total. The SMILES string of the molecule is C1=Cc2ccccc2OC1.[O]=[Sb]. The Kier molecular flexibility index (Phi) is 4.02. The molecule has 0 saturated heterocycles. The van der Waals surface area contributed by atoms with Crippen LogP contribution < -0.4 is 4.74 Å². The number of hydrogen-bond donors (Lipinski definition) is 0. The van der Waals surface area contributed by atoms with Gasteiger partial charge in [-0.2, -0.15) is 0 Å². The fourth-order valence-electron chi connectivity index (χ4n) is 1.06. The molecule has 2 nitrogen and oxygen atoms in total. The molecular weight excluding hydrogens is 262 g/mol. The zero-order valence-electron chi connectivity index (χ0n) is 6.43. The third-order valence-corrected chi connectivity index (χ3v) is 1.55. The van der Waals surface area contributed by atoms with Crippen LogP contribution in [-0.4, -0.2) is 29.6 Å². The van der Waals surface area contributed by atoms with Crippen LogP contribution in [0.15, 0.2) is 30.3 Å². The van der Waals surface area contributed by atoms with E-state index in [2.05, 4.69) is 6.08 Å². The van der Waals surface area contributed by atoms with Gasteiger partial charge in [-0.25, -0.2) is 0 Å². The zero-order valence-corrected chi connectivity index (χ0v) is 8.99. The molecule has 3 heteroatoms. The van der Waals surface area contributed by atoms with Crippen LogP contribution in [0.4, 0.5) is 0 Å². The van der Waals surface area contributed by atoms with Crippen LogP contribution >= 0.6 is 0 Å². The summed E-state index contributed by atoms with van der Waals surface area (Å²) in [6.45, 7) is 0.705. The molecular formula is C9H8O2Sb. The van der Waals surface area contributed by atoms with Crippen LogP contribution in [0.25, 0.3) is 6.08 Å². The first-order chi connectivity index (χ1) is 5.97. The van der Waals surface area contributed by atoms with E-state index in [4.69, 9.17) is 7.75 Å². The number of hydrogen-bond acceptors (Lipinski definition) is 2. The minimum atomic E-state index is 0.500. The summed E-state index contributed by atoms with van der Waals surface area (Å²) in [7, 11) is 0. The maximum absolute atomic E-state index is 8.30. The molecule has 1 radical (unpaired) electrons. The van der Waals surface area contributed by atoms with Crippen LogP contribution in [0.3, 0.4) is 0 Å². The molecule has 0 saturated carbocycles. The van der Waals surface area contributed by atoms with Gasteiger partial charge in [-0.1, -0.05) is 24.3 Å². The van der Waals surface area contributed by atoms with Crippen molar-refractivity contribution in [2.45, 2.75) is 0 Å². The number of benzene rings is 1.